The first-order valence-electron chi connectivity index (χ1n) is 7.10. The number of aliphatic hydroxyl groups excluding tert-OH is 1. The van der Waals surface area contributed by atoms with Gasteiger partial charge in [-0.3, -0.25) is 4.79 Å². The molecule has 2 heterocycles. The van der Waals surface area contributed by atoms with E-state index in [1.54, 1.807) is 0 Å². The number of anilines is 1. The molecular weight excluding hydrogens is 332 g/mol. The Hall–Kier alpha value is -1.90. The normalized spacial score (nSPS) is 12.4. The molecule has 1 atom stereocenters. The van der Waals surface area contributed by atoms with E-state index in [9.17, 15) is 9.90 Å². The first kappa shape index (κ1) is 16.0. The van der Waals surface area contributed by atoms with Gasteiger partial charge in [-0.05, 0) is 12.5 Å². The van der Waals surface area contributed by atoms with Gasteiger partial charge in [0.15, 0.2) is 15.8 Å². The van der Waals surface area contributed by atoms with Crippen LogP contribution in [0.1, 0.15) is 12.5 Å². The Morgan fingerprint density at radius 3 is 2.87 bits per heavy atom. The summed E-state index contributed by atoms with van der Waals surface area (Å²) in [5.41, 5.74) is 1.77. The summed E-state index contributed by atoms with van der Waals surface area (Å²) < 4.78 is 0. The Balaban J connectivity index is 1.89. The minimum Gasteiger partial charge on any atom is -0.394 e. The topological polar surface area (TPSA) is 90.9 Å². The molecule has 0 bridgehead atoms. The Morgan fingerprint density at radius 2 is 2.13 bits per heavy atom. The van der Waals surface area contributed by atoms with Crippen molar-refractivity contribution in [3.05, 3.63) is 45.6 Å². The predicted octanol–water partition coefficient (Wildman–Crippen LogP) is 2.46. The fourth-order valence-electron chi connectivity index (χ4n) is 1.99. The monoisotopic (exact) mass is 348 g/mol. The van der Waals surface area contributed by atoms with Crippen LogP contribution >= 0.6 is 23.1 Å². The van der Waals surface area contributed by atoms with E-state index >= 15 is 0 Å². The summed E-state index contributed by atoms with van der Waals surface area (Å²) in [5.74, 6) is 1.30. The van der Waals surface area contributed by atoms with E-state index in [0.717, 1.165) is 17.1 Å². The standard InChI is InChI=1S/C15H16N4O2S2/c1-9(7-20)16-12-11-13(23-15(21)17-11)19-14(18-12)22-8-10-5-3-2-4-6-10/h2-6,9,20H,7-8H2,1H3,(H,17,21)(H,16,18,19). The zero-order valence-electron chi connectivity index (χ0n) is 12.4. The maximum absolute atomic E-state index is 11.6. The maximum atomic E-state index is 11.6. The van der Waals surface area contributed by atoms with Crippen molar-refractivity contribution in [3.63, 3.8) is 0 Å². The predicted molar refractivity (Wildman–Crippen MR) is 94.2 cm³/mol. The van der Waals surface area contributed by atoms with Crippen LogP contribution < -0.4 is 10.2 Å². The van der Waals surface area contributed by atoms with Crippen molar-refractivity contribution in [1.29, 1.82) is 0 Å². The van der Waals surface area contributed by atoms with Gasteiger partial charge in [-0.15, -0.1) is 0 Å². The lowest BCUT2D eigenvalue weighted by Crippen LogP contribution is -2.20. The largest absolute Gasteiger partial charge is 0.394 e. The molecule has 3 rings (SSSR count). The molecule has 1 aromatic carbocycles. The quantitative estimate of drug-likeness (QED) is 0.468. The van der Waals surface area contributed by atoms with Crippen LogP contribution in [0.2, 0.25) is 0 Å². The van der Waals surface area contributed by atoms with Crippen molar-refractivity contribution < 1.29 is 5.11 Å². The van der Waals surface area contributed by atoms with Gasteiger partial charge in [-0.1, -0.05) is 53.4 Å². The minimum atomic E-state index is -0.167. The van der Waals surface area contributed by atoms with Crippen LogP contribution in [0.4, 0.5) is 5.82 Å². The van der Waals surface area contributed by atoms with Gasteiger partial charge in [0.25, 0.3) is 0 Å². The summed E-state index contributed by atoms with van der Waals surface area (Å²) in [5, 5.41) is 12.9. The molecule has 0 fully saturated rings. The number of rotatable bonds is 6. The van der Waals surface area contributed by atoms with Crippen molar-refractivity contribution in [1.82, 2.24) is 15.0 Å². The SMILES string of the molecule is CC(CO)Nc1nc(SCc2ccccc2)nc2sc(=O)[nH]c12. The molecule has 23 heavy (non-hydrogen) atoms. The highest BCUT2D eigenvalue weighted by atomic mass is 32.2. The van der Waals surface area contributed by atoms with Crippen LogP contribution in [0.5, 0.6) is 0 Å². The number of aromatic amines is 1. The molecule has 2 aromatic heterocycles. The molecule has 3 N–H and O–H groups in total. The maximum Gasteiger partial charge on any atom is 0.307 e. The highest BCUT2D eigenvalue weighted by Gasteiger charge is 2.13. The molecular formula is C15H16N4O2S2. The lowest BCUT2D eigenvalue weighted by molar-refractivity contribution is 0.281. The first-order chi connectivity index (χ1) is 11.2. The number of hydrogen-bond acceptors (Lipinski definition) is 7. The summed E-state index contributed by atoms with van der Waals surface area (Å²) >= 11 is 2.57. The van der Waals surface area contributed by atoms with Crippen molar-refractivity contribution in [2.45, 2.75) is 23.9 Å². The van der Waals surface area contributed by atoms with Crippen molar-refractivity contribution >= 4 is 39.3 Å². The van der Waals surface area contributed by atoms with Crippen LogP contribution in [0.15, 0.2) is 40.3 Å². The first-order valence-corrected chi connectivity index (χ1v) is 8.91. The van der Waals surface area contributed by atoms with Gasteiger partial charge in [0.1, 0.15) is 5.52 Å². The number of aromatic nitrogens is 3. The van der Waals surface area contributed by atoms with Gasteiger partial charge in [-0.2, -0.15) is 0 Å². The van der Waals surface area contributed by atoms with Crippen LogP contribution in [0.3, 0.4) is 0 Å². The van der Waals surface area contributed by atoms with E-state index in [2.05, 4.69) is 20.3 Å². The average molecular weight is 348 g/mol. The van der Waals surface area contributed by atoms with E-state index in [1.165, 1.54) is 17.3 Å². The lowest BCUT2D eigenvalue weighted by atomic mass is 10.2. The second kappa shape index (κ2) is 7.12. The number of fused-ring (bicyclic) bond motifs is 1. The number of aliphatic hydroxyl groups is 1. The third kappa shape index (κ3) is 3.90. The van der Waals surface area contributed by atoms with E-state index in [4.69, 9.17) is 0 Å². The Morgan fingerprint density at radius 1 is 1.35 bits per heavy atom. The van der Waals surface area contributed by atoms with Crippen LogP contribution in [-0.4, -0.2) is 32.7 Å². The second-order valence-electron chi connectivity index (χ2n) is 5.05. The fourth-order valence-corrected chi connectivity index (χ4v) is 3.56. The summed E-state index contributed by atoms with van der Waals surface area (Å²) in [7, 11) is 0. The van der Waals surface area contributed by atoms with Crippen molar-refractivity contribution in [2.75, 3.05) is 11.9 Å². The van der Waals surface area contributed by atoms with Gasteiger partial charge >= 0.3 is 4.87 Å². The number of hydrogen-bond donors (Lipinski definition) is 3. The smallest absolute Gasteiger partial charge is 0.307 e. The van der Waals surface area contributed by atoms with Gasteiger partial charge in [0.05, 0.1) is 6.61 Å². The third-order valence-electron chi connectivity index (χ3n) is 3.14. The second-order valence-corrected chi connectivity index (χ2v) is 6.96. The number of nitrogens with one attached hydrogen (secondary N) is 2. The molecule has 6 nitrogen and oxygen atoms in total. The molecule has 0 saturated heterocycles. The van der Waals surface area contributed by atoms with E-state index < -0.39 is 0 Å². The van der Waals surface area contributed by atoms with Gasteiger partial charge in [0, 0.05) is 11.8 Å². The molecule has 0 amide bonds. The molecule has 0 aliphatic carbocycles. The molecule has 0 spiro atoms. The van der Waals surface area contributed by atoms with Crippen molar-refractivity contribution in [2.24, 2.45) is 0 Å². The lowest BCUT2D eigenvalue weighted by Gasteiger charge is -2.12. The molecule has 1 unspecified atom stereocenters. The number of thioether (sulfide) groups is 1. The molecule has 0 aliphatic heterocycles. The van der Waals surface area contributed by atoms with E-state index in [1.807, 2.05) is 37.3 Å². The van der Waals surface area contributed by atoms with Crippen molar-refractivity contribution in [3.8, 4) is 0 Å². The zero-order chi connectivity index (χ0) is 16.2. The van der Waals surface area contributed by atoms with Crippen LogP contribution in [0.25, 0.3) is 10.3 Å². The summed E-state index contributed by atoms with van der Waals surface area (Å²) in [6, 6.07) is 9.90. The van der Waals surface area contributed by atoms with Gasteiger partial charge in [-0.25, -0.2) is 9.97 Å². The van der Waals surface area contributed by atoms with Crippen LogP contribution in [0, 0.1) is 0 Å². The average Bonchev–Trinajstić information content (AvgIpc) is 2.94. The van der Waals surface area contributed by atoms with Gasteiger partial charge < -0.3 is 15.4 Å². The Kier molecular flexibility index (Phi) is 4.94. The molecule has 120 valence electrons. The molecule has 8 heteroatoms. The molecule has 0 saturated carbocycles. The van der Waals surface area contributed by atoms with E-state index in [0.29, 0.717) is 21.3 Å². The zero-order valence-corrected chi connectivity index (χ0v) is 14.1. The number of thiazole rings is 1. The molecule has 3 aromatic rings. The summed E-state index contributed by atoms with van der Waals surface area (Å²) in [4.78, 5) is 23.7. The molecule has 0 aliphatic rings. The highest BCUT2D eigenvalue weighted by Crippen LogP contribution is 2.26. The Bertz CT molecular complexity index is 848. The Labute approximate surface area is 141 Å². The number of benzene rings is 1. The molecule has 0 radical (unpaired) electrons. The van der Waals surface area contributed by atoms with E-state index in [-0.39, 0.29) is 17.5 Å². The minimum absolute atomic E-state index is 0.0215. The highest BCUT2D eigenvalue weighted by molar-refractivity contribution is 7.98. The van der Waals surface area contributed by atoms with Crippen LogP contribution in [-0.2, 0) is 5.75 Å². The summed E-state index contributed by atoms with van der Waals surface area (Å²) in [6.07, 6.45) is 0. The number of H-pyrrole nitrogens is 1. The third-order valence-corrected chi connectivity index (χ3v) is 4.83. The summed E-state index contributed by atoms with van der Waals surface area (Å²) in [6.45, 7) is 1.82. The van der Waals surface area contributed by atoms with Gasteiger partial charge in [0.2, 0.25) is 0 Å². The number of nitrogens with zero attached hydrogens (tertiary/aromatic N) is 2. The fraction of sp³-hybridized carbons (Fsp3) is 0.267.